The van der Waals surface area contributed by atoms with Gasteiger partial charge in [0.05, 0.1) is 0 Å². The first-order chi connectivity index (χ1) is 12.0. The second-order valence-corrected chi connectivity index (χ2v) is 6.81. The van der Waals surface area contributed by atoms with Crippen molar-refractivity contribution in [3.05, 3.63) is 35.4 Å². The molecule has 6 heteroatoms. The van der Waals surface area contributed by atoms with E-state index in [1.54, 1.807) is 7.05 Å². The molecule has 0 bridgehead atoms. The predicted molar refractivity (Wildman–Crippen MR) is 122 cm³/mol. The second kappa shape index (κ2) is 13.8. The van der Waals surface area contributed by atoms with Crippen LogP contribution in [0.5, 0.6) is 0 Å². The Morgan fingerprint density at radius 2 is 1.92 bits per heavy atom. The summed E-state index contributed by atoms with van der Waals surface area (Å²) in [6, 6.07) is 8.11. The maximum Gasteiger partial charge on any atom is 0.251 e. The molecule has 1 rings (SSSR count). The van der Waals surface area contributed by atoms with Crippen LogP contribution in [0.1, 0.15) is 56.5 Å². The fraction of sp³-hybridized carbons (Fsp3) is 0.600. The number of amides is 1. The van der Waals surface area contributed by atoms with Crippen molar-refractivity contribution in [1.29, 1.82) is 0 Å². The van der Waals surface area contributed by atoms with Gasteiger partial charge in [0.1, 0.15) is 0 Å². The first kappa shape index (κ1) is 24.7. The quantitative estimate of drug-likeness (QED) is 0.291. The average Bonchev–Trinajstić information content (AvgIpc) is 2.59. The summed E-state index contributed by atoms with van der Waals surface area (Å²) in [5.41, 5.74) is 1.81. The maximum absolute atomic E-state index is 11.7. The molecule has 5 nitrogen and oxygen atoms in total. The molecule has 0 heterocycles. The molecule has 1 unspecified atom stereocenters. The molecule has 0 aliphatic carbocycles. The molecule has 1 aromatic rings. The van der Waals surface area contributed by atoms with E-state index >= 15 is 0 Å². The number of carbonyl (C=O) groups excluding carboxylic acids is 1. The lowest BCUT2D eigenvalue weighted by molar-refractivity contribution is 0.0963. The fourth-order valence-electron chi connectivity index (χ4n) is 2.52. The van der Waals surface area contributed by atoms with Crippen LogP contribution in [0.15, 0.2) is 29.3 Å². The van der Waals surface area contributed by atoms with E-state index < -0.39 is 0 Å². The van der Waals surface area contributed by atoms with Gasteiger partial charge in [0, 0.05) is 31.7 Å². The van der Waals surface area contributed by atoms with E-state index in [2.05, 4.69) is 48.6 Å². The third kappa shape index (κ3) is 9.99. The molecule has 0 saturated carbocycles. The third-order valence-corrected chi connectivity index (χ3v) is 3.99. The molecule has 0 aromatic heterocycles. The molecule has 0 fully saturated rings. The number of hydrogen-bond acceptors (Lipinski definition) is 2. The van der Waals surface area contributed by atoms with Gasteiger partial charge in [0.25, 0.3) is 5.91 Å². The molecule has 0 saturated heterocycles. The molecule has 0 spiro atoms. The van der Waals surface area contributed by atoms with E-state index in [-0.39, 0.29) is 29.9 Å². The van der Waals surface area contributed by atoms with Crippen molar-refractivity contribution in [3.8, 4) is 0 Å². The van der Waals surface area contributed by atoms with Gasteiger partial charge in [0.15, 0.2) is 5.96 Å². The monoisotopic (exact) mass is 474 g/mol. The molecule has 1 aromatic carbocycles. The van der Waals surface area contributed by atoms with E-state index in [4.69, 9.17) is 0 Å². The highest BCUT2D eigenvalue weighted by Crippen LogP contribution is 2.07. The highest BCUT2D eigenvalue weighted by Gasteiger charge is 2.07. The Bertz CT molecular complexity index is 560. The minimum absolute atomic E-state index is 0. The number of rotatable bonds is 9. The summed E-state index contributed by atoms with van der Waals surface area (Å²) in [6.45, 7) is 10.3. The maximum atomic E-state index is 11.7. The van der Waals surface area contributed by atoms with Gasteiger partial charge in [-0.15, -0.1) is 24.0 Å². The van der Waals surface area contributed by atoms with Crippen LogP contribution in [0.2, 0.25) is 0 Å². The van der Waals surface area contributed by atoms with Gasteiger partial charge in [-0.3, -0.25) is 9.79 Å². The number of aliphatic imine (C=N–C) groups is 1. The molecule has 1 atom stereocenters. The van der Waals surface area contributed by atoms with Crippen LogP contribution in [0.3, 0.4) is 0 Å². The number of hydrogen-bond donors (Lipinski definition) is 3. The molecule has 26 heavy (non-hydrogen) atoms. The molecule has 0 radical (unpaired) electrons. The number of nitrogens with one attached hydrogen (secondary N) is 3. The number of carbonyl (C=O) groups is 1. The Labute approximate surface area is 175 Å². The van der Waals surface area contributed by atoms with E-state index in [0.29, 0.717) is 18.2 Å². The lowest BCUT2D eigenvalue weighted by Gasteiger charge is -2.18. The van der Waals surface area contributed by atoms with E-state index in [1.807, 2.05) is 24.3 Å². The standard InChI is InChI=1S/C20H34N4O.HI/c1-6-22-20(24-16(4)11-10-15(2)3)23-13-12-17-8-7-9-18(14-17)19(25)21-5;/h7-9,14-16H,6,10-13H2,1-5H3,(H,21,25)(H2,22,23,24);1H. The summed E-state index contributed by atoms with van der Waals surface area (Å²) in [4.78, 5) is 16.4. The van der Waals surface area contributed by atoms with E-state index in [1.165, 1.54) is 6.42 Å². The molecule has 0 aliphatic heterocycles. The summed E-state index contributed by atoms with van der Waals surface area (Å²) in [5, 5.41) is 9.43. The van der Waals surface area contributed by atoms with Crippen LogP contribution in [-0.4, -0.2) is 38.0 Å². The molecular weight excluding hydrogens is 439 g/mol. The number of benzene rings is 1. The van der Waals surface area contributed by atoms with Crippen LogP contribution in [0.25, 0.3) is 0 Å². The Kier molecular flexibility index (Phi) is 13.1. The van der Waals surface area contributed by atoms with Gasteiger partial charge in [-0.05, 0) is 56.7 Å². The number of halogens is 1. The minimum Gasteiger partial charge on any atom is -0.357 e. The average molecular weight is 474 g/mol. The number of nitrogens with zero attached hydrogens (tertiary/aromatic N) is 1. The zero-order chi connectivity index (χ0) is 18.7. The van der Waals surface area contributed by atoms with Crippen LogP contribution in [-0.2, 0) is 6.42 Å². The van der Waals surface area contributed by atoms with Crippen molar-refractivity contribution in [1.82, 2.24) is 16.0 Å². The topological polar surface area (TPSA) is 65.5 Å². The lowest BCUT2D eigenvalue weighted by atomic mass is 10.0. The van der Waals surface area contributed by atoms with Gasteiger partial charge in [-0.2, -0.15) is 0 Å². The summed E-state index contributed by atoms with van der Waals surface area (Å²) in [7, 11) is 1.65. The third-order valence-electron chi connectivity index (χ3n) is 3.99. The van der Waals surface area contributed by atoms with Gasteiger partial charge < -0.3 is 16.0 Å². The smallest absolute Gasteiger partial charge is 0.251 e. The Hall–Kier alpha value is -1.31. The largest absolute Gasteiger partial charge is 0.357 e. The zero-order valence-electron chi connectivity index (χ0n) is 16.8. The Balaban J connectivity index is 0.00000625. The Morgan fingerprint density at radius 1 is 1.19 bits per heavy atom. The van der Waals surface area contributed by atoms with Crippen LogP contribution >= 0.6 is 24.0 Å². The fourth-order valence-corrected chi connectivity index (χ4v) is 2.52. The van der Waals surface area contributed by atoms with Gasteiger partial charge in [-0.25, -0.2) is 0 Å². The highest BCUT2D eigenvalue weighted by atomic mass is 127. The van der Waals surface area contributed by atoms with Gasteiger partial charge in [0.2, 0.25) is 0 Å². The molecule has 148 valence electrons. The summed E-state index contributed by atoms with van der Waals surface area (Å²) >= 11 is 0. The lowest BCUT2D eigenvalue weighted by Crippen LogP contribution is -2.42. The first-order valence-electron chi connectivity index (χ1n) is 9.32. The summed E-state index contributed by atoms with van der Waals surface area (Å²) in [6.07, 6.45) is 3.15. The Morgan fingerprint density at radius 3 is 2.54 bits per heavy atom. The highest BCUT2D eigenvalue weighted by molar-refractivity contribution is 14.0. The van der Waals surface area contributed by atoms with Crippen molar-refractivity contribution in [2.24, 2.45) is 10.9 Å². The van der Waals surface area contributed by atoms with Crippen molar-refractivity contribution >= 4 is 35.8 Å². The molecule has 3 N–H and O–H groups in total. The summed E-state index contributed by atoms with van der Waals surface area (Å²) < 4.78 is 0. The van der Waals surface area contributed by atoms with Crippen molar-refractivity contribution in [2.75, 3.05) is 20.1 Å². The second-order valence-electron chi connectivity index (χ2n) is 6.81. The normalized spacial score (nSPS) is 12.3. The van der Waals surface area contributed by atoms with Crippen LogP contribution in [0, 0.1) is 5.92 Å². The molecule has 1 amide bonds. The van der Waals surface area contributed by atoms with Crippen LogP contribution in [0.4, 0.5) is 0 Å². The predicted octanol–water partition coefficient (Wildman–Crippen LogP) is 3.59. The minimum atomic E-state index is -0.0562. The van der Waals surface area contributed by atoms with E-state index in [0.717, 1.165) is 36.8 Å². The molecule has 0 aliphatic rings. The SMILES string of the molecule is CCNC(=NCCc1cccc(C(=O)NC)c1)NC(C)CCC(C)C.I. The molecular formula is C20H35IN4O. The zero-order valence-corrected chi connectivity index (χ0v) is 19.1. The van der Waals surface area contributed by atoms with Crippen LogP contribution < -0.4 is 16.0 Å². The van der Waals surface area contributed by atoms with Gasteiger partial charge in [-0.1, -0.05) is 26.0 Å². The number of guanidine groups is 1. The van der Waals surface area contributed by atoms with Gasteiger partial charge >= 0.3 is 0 Å². The first-order valence-corrected chi connectivity index (χ1v) is 9.32. The summed E-state index contributed by atoms with van der Waals surface area (Å²) in [5.74, 6) is 1.52. The van der Waals surface area contributed by atoms with Crippen molar-refractivity contribution < 1.29 is 4.79 Å². The van der Waals surface area contributed by atoms with E-state index in [9.17, 15) is 4.79 Å². The van der Waals surface area contributed by atoms with Crippen molar-refractivity contribution in [2.45, 2.75) is 53.0 Å². The van der Waals surface area contributed by atoms with Crippen molar-refractivity contribution in [3.63, 3.8) is 0 Å².